The number of carbonyl (C=O) groups is 2. The average Bonchev–Trinajstić information content (AvgIpc) is 3.18. The zero-order valence-electron chi connectivity index (χ0n) is 19.2. The number of nitrogens with two attached hydrogens (primary N) is 1. The molecule has 1 fully saturated rings. The molecule has 1 unspecified atom stereocenters. The topological polar surface area (TPSA) is 128 Å². The van der Waals surface area contributed by atoms with Crippen LogP contribution in [-0.2, 0) is 17.9 Å². The lowest BCUT2D eigenvalue weighted by Gasteiger charge is -2.31. The quantitative estimate of drug-likeness (QED) is 0.419. The third kappa shape index (κ3) is 4.70. The Kier molecular flexibility index (Phi) is 6.75. The molecule has 1 atom stereocenters. The number of aromatic nitrogens is 4. The summed E-state index contributed by atoms with van der Waals surface area (Å²) in [7, 11) is 0. The number of benzene rings is 1. The number of rotatable bonds is 6. The molecule has 0 aliphatic carbocycles. The Labute approximate surface area is 196 Å². The normalized spacial score (nSPS) is 15.6. The molecular weight excluding hydrogens is 434 g/mol. The Morgan fingerprint density at radius 2 is 2.09 bits per heavy atom. The molecule has 3 heterocycles. The number of nitrogens with zero attached hydrogens (tertiary/aromatic N) is 5. The molecule has 1 amide bonds. The van der Waals surface area contributed by atoms with Gasteiger partial charge in [0.2, 0.25) is 11.9 Å². The molecule has 0 saturated carbocycles. The molecule has 3 aromatic rings. The van der Waals surface area contributed by atoms with Crippen molar-refractivity contribution in [2.75, 3.05) is 23.3 Å². The van der Waals surface area contributed by atoms with E-state index in [0.717, 1.165) is 24.1 Å². The number of fused-ring (bicyclic) bond motifs is 1. The van der Waals surface area contributed by atoms with Crippen LogP contribution in [0.2, 0.25) is 0 Å². The van der Waals surface area contributed by atoms with Crippen molar-refractivity contribution in [1.29, 1.82) is 0 Å². The molecule has 3 N–H and O–H groups in total. The van der Waals surface area contributed by atoms with Gasteiger partial charge in [0.25, 0.3) is 5.56 Å². The second-order valence-electron chi connectivity index (χ2n) is 8.26. The second kappa shape index (κ2) is 9.89. The Bertz CT molecular complexity index is 1360. The first kappa shape index (κ1) is 23.2. The van der Waals surface area contributed by atoms with Crippen molar-refractivity contribution in [1.82, 2.24) is 19.3 Å². The summed E-state index contributed by atoms with van der Waals surface area (Å²) in [5.74, 6) is 5.87. The molecule has 176 valence electrons. The van der Waals surface area contributed by atoms with Gasteiger partial charge in [-0.15, -0.1) is 5.92 Å². The van der Waals surface area contributed by atoms with Crippen LogP contribution >= 0.6 is 0 Å². The number of piperidine rings is 1. The number of anilines is 2. The minimum atomic E-state index is -0.430. The zero-order valence-corrected chi connectivity index (χ0v) is 19.2. The van der Waals surface area contributed by atoms with Crippen LogP contribution in [0.5, 0.6) is 0 Å². The zero-order chi connectivity index (χ0) is 24.2. The number of amides is 1. The van der Waals surface area contributed by atoms with Gasteiger partial charge in [0, 0.05) is 31.6 Å². The van der Waals surface area contributed by atoms with Gasteiger partial charge < -0.3 is 16.0 Å². The highest BCUT2D eigenvalue weighted by Crippen LogP contribution is 2.23. The van der Waals surface area contributed by atoms with Gasteiger partial charge in [-0.2, -0.15) is 5.10 Å². The molecule has 1 aliphatic rings. The molecule has 1 aromatic carbocycles. The van der Waals surface area contributed by atoms with Gasteiger partial charge in [-0.05, 0) is 31.9 Å². The molecule has 1 aliphatic heterocycles. The maximum absolute atomic E-state index is 13.4. The van der Waals surface area contributed by atoms with Gasteiger partial charge in [0.05, 0.1) is 18.4 Å². The van der Waals surface area contributed by atoms with Gasteiger partial charge >= 0.3 is 0 Å². The van der Waals surface area contributed by atoms with E-state index in [4.69, 9.17) is 5.73 Å². The highest BCUT2D eigenvalue weighted by atomic mass is 16.2. The van der Waals surface area contributed by atoms with E-state index >= 15 is 0 Å². The summed E-state index contributed by atoms with van der Waals surface area (Å²) in [4.78, 5) is 44.7. The fourth-order valence-electron chi connectivity index (χ4n) is 4.17. The maximum Gasteiger partial charge on any atom is 0.293 e. The predicted molar refractivity (Wildman–Crippen MR) is 130 cm³/mol. The lowest BCUT2D eigenvalue weighted by Crippen LogP contribution is -2.44. The van der Waals surface area contributed by atoms with E-state index in [1.54, 1.807) is 35.8 Å². The molecular formula is C24H27N7O3. The molecule has 0 radical (unpaired) electrons. The number of carbonyl (C=O) groups excluding carboxylic acids is 2. The summed E-state index contributed by atoms with van der Waals surface area (Å²) in [5.41, 5.74) is 7.22. The van der Waals surface area contributed by atoms with Gasteiger partial charge in [0.15, 0.2) is 5.78 Å². The third-order valence-corrected chi connectivity index (χ3v) is 5.72. The van der Waals surface area contributed by atoms with Gasteiger partial charge in [-0.1, -0.05) is 18.1 Å². The number of ketones is 1. The fraction of sp³-hybridized carbons (Fsp3) is 0.375. The molecule has 4 rings (SSSR count). The first-order valence-electron chi connectivity index (χ1n) is 11.2. The van der Waals surface area contributed by atoms with Crippen LogP contribution in [0.4, 0.5) is 11.6 Å². The van der Waals surface area contributed by atoms with E-state index in [2.05, 4.69) is 32.1 Å². The lowest BCUT2D eigenvalue weighted by atomic mass is 10.1. The molecule has 2 aromatic heterocycles. The SMILES string of the molecule is CC#CCn1c(N2CCCC(N)C2)nc2cnn(CC(=O)c3ccccc3NC(C)=O)c(=O)c21. The minimum Gasteiger partial charge on any atom is -0.341 e. The van der Waals surface area contributed by atoms with Gasteiger partial charge in [0.1, 0.15) is 17.6 Å². The van der Waals surface area contributed by atoms with Crippen LogP contribution in [0.3, 0.4) is 0 Å². The Balaban J connectivity index is 1.73. The van der Waals surface area contributed by atoms with Crippen molar-refractivity contribution in [2.24, 2.45) is 5.73 Å². The molecule has 0 bridgehead atoms. The summed E-state index contributed by atoms with van der Waals surface area (Å²) in [6, 6.07) is 6.71. The Hall–Kier alpha value is -3.97. The fourth-order valence-corrected chi connectivity index (χ4v) is 4.17. The third-order valence-electron chi connectivity index (χ3n) is 5.72. The van der Waals surface area contributed by atoms with Crippen LogP contribution in [-0.4, -0.2) is 50.2 Å². The standard InChI is InChI=1S/C24H27N7O3/c1-3-4-12-30-22-20(28-24(30)29-11-7-8-17(25)14-29)13-26-31(23(22)34)15-21(33)18-9-5-6-10-19(18)27-16(2)32/h5-6,9-10,13,17H,7-8,11-12,14-15,25H2,1-2H3,(H,27,32). The lowest BCUT2D eigenvalue weighted by molar-refractivity contribution is -0.114. The first-order chi connectivity index (χ1) is 16.4. The second-order valence-corrected chi connectivity index (χ2v) is 8.26. The highest BCUT2D eigenvalue weighted by Gasteiger charge is 2.25. The van der Waals surface area contributed by atoms with E-state index < -0.39 is 5.56 Å². The van der Waals surface area contributed by atoms with E-state index in [1.165, 1.54) is 13.1 Å². The van der Waals surface area contributed by atoms with E-state index in [0.29, 0.717) is 34.8 Å². The molecule has 1 saturated heterocycles. The van der Waals surface area contributed by atoms with Crippen molar-refractivity contribution in [2.45, 2.75) is 45.8 Å². The van der Waals surface area contributed by atoms with Gasteiger partial charge in [-0.25, -0.2) is 9.67 Å². The summed E-state index contributed by atoms with van der Waals surface area (Å²) in [6.45, 7) is 4.54. The number of hydrogen-bond acceptors (Lipinski definition) is 7. The van der Waals surface area contributed by atoms with E-state index in [9.17, 15) is 14.4 Å². The largest absolute Gasteiger partial charge is 0.341 e. The van der Waals surface area contributed by atoms with Crippen LogP contribution in [0.1, 0.15) is 37.0 Å². The number of nitrogens with one attached hydrogen (secondary N) is 1. The number of Topliss-reactive ketones (excluding diaryl/α,β-unsaturated/α-hetero) is 1. The maximum atomic E-state index is 13.4. The smallest absolute Gasteiger partial charge is 0.293 e. The Morgan fingerprint density at radius 3 is 2.82 bits per heavy atom. The molecule has 0 spiro atoms. The molecule has 10 nitrogen and oxygen atoms in total. The Morgan fingerprint density at radius 1 is 1.29 bits per heavy atom. The van der Waals surface area contributed by atoms with Crippen LogP contribution in [0.25, 0.3) is 11.0 Å². The summed E-state index contributed by atoms with van der Waals surface area (Å²) >= 11 is 0. The van der Waals surface area contributed by atoms with E-state index in [1.807, 2.05) is 0 Å². The number of imidazole rings is 1. The van der Waals surface area contributed by atoms with E-state index in [-0.39, 0.29) is 30.8 Å². The summed E-state index contributed by atoms with van der Waals surface area (Å²) < 4.78 is 2.90. The molecule has 34 heavy (non-hydrogen) atoms. The summed E-state index contributed by atoms with van der Waals surface area (Å²) in [5, 5.41) is 6.85. The molecule has 10 heteroatoms. The van der Waals surface area contributed by atoms with Gasteiger partial charge in [-0.3, -0.25) is 19.0 Å². The predicted octanol–water partition coefficient (Wildman–Crippen LogP) is 1.39. The van der Waals surface area contributed by atoms with Crippen molar-refractivity contribution in [3.8, 4) is 11.8 Å². The monoisotopic (exact) mass is 461 g/mol. The first-order valence-corrected chi connectivity index (χ1v) is 11.2. The van der Waals surface area contributed by atoms with Crippen LogP contribution in [0.15, 0.2) is 35.3 Å². The summed E-state index contributed by atoms with van der Waals surface area (Å²) in [6.07, 6.45) is 3.38. The average molecular weight is 462 g/mol. The number of para-hydroxylation sites is 1. The highest BCUT2D eigenvalue weighted by molar-refractivity contribution is 6.04. The van der Waals surface area contributed by atoms with Crippen LogP contribution in [0, 0.1) is 11.8 Å². The van der Waals surface area contributed by atoms with Crippen LogP contribution < -0.4 is 21.5 Å². The van der Waals surface area contributed by atoms with Crippen molar-refractivity contribution in [3.63, 3.8) is 0 Å². The van der Waals surface area contributed by atoms with Crippen molar-refractivity contribution in [3.05, 3.63) is 46.4 Å². The van der Waals surface area contributed by atoms with Crippen molar-refractivity contribution < 1.29 is 9.59 Å². The number of hydrogen-bond donors (Lipinski definition) is 2. The van der Waals surface area contributed by atoms with Crippen molar-refractivity contribution >= 4 is 34.4 Å². The minimum absolute atomic E-state index is 0.0374.